The summed E-state index contributed by atoms with van der Waals surface area (Å²) in [4.78, 5) is 0.968. The van der Waals surface area contributed by atoms with Gasteiger partial charge < -0.3 is 5.11 Å². The summed E-state index contributed by atoms with van der Waals surface area (Å²) < 4.78 is 2.90. The van der Waals surface area contributed by atoms with Crippen LogP contribution in [0.4, 0.5) is 0 Å². The van der Waals surface area contributed by atoms with Crippen molar-refractivity contribution in [3.05, 3.63) is 52.6 Å². The van der Waals surface area contributed by atoms with Gasteiger partial charge in [0.1, 0.15) is 0 Å². The van der Waals surface area contributed by atoms with E-state index >= 15 is 0 Å². The highest BCUT2D eigenvalue weighted by Crippen LogP contribution is 2.31. The highest BCUT2D eigenvalue weighted by atomic mass is 79.9. The van der Waals surface area contributed by atoms with Crippen molar-refractivity contribution < 1.29 is 5.11 Å². The molecule has 0 fully saturated rings. The summed E-state index contributed by atoms with van der Waals surface area (Å²) in [6.45, 7) is 0.00630. The van der Waals surface area contributed by atoms with Gasteiger partial charge in [0.05, 0.1) is 6.61 Å². The molecule has 3 aromatic rings. The number of aromatic nitrogens is 3. The van der Waals surface area contributed by atoms with Gasteiger partial charge in [-0.2, -0.15) is 0 Å². The van der Waals surface area contributed by atoms with E-state index in [0.29, 0.717) is 0 Å². The van der Waals surface area contributed by atoms with E-state index in [2.05, 4.69) is 26.1 Å². The zero-order valence-electron chi connectivity index (χ0n) is 9.82. The maximum absolute atomic E-state index is 9.38. The van der Waals surface area contributed by atoms with Crippen molar-refractivity contribution in [3.63, 3.8) is 0 Å². The fourth-order valence-corrected chi connectivity index (χ4v) is 3.23. The molecule has 0 aliphatic carbocycles. The molecule has 1 aromatic carbocycles. The van der Waals surface area contributed by atoms with Crippen molar-refractivity contribution in [1.82, 2.24) is 14.6 Å². The lowest BCUT2D eigenvalue weighted by molar-refractivity contribution is 0.279. The number of benzene rings is 1. The van der Waals surface area contributed by atoms with Crippen LogP contribution in [0.3, 0.4) is 0 Å². The zero-order chi connectivity index (χ0) is 13.2. The monoisotopic (exact) mass is 335 g/mol. The average molecular weight is 336 g/mol. The molecule has 1 N–H and O–H groups in total. The topological polar surface area (TPSA) is 50.4 Å². The van der Waals surface area contributed by atoms with Gasteiger partial charge in [-0.25, -0.2) is 0 Å². The van der Waals surface area contributed by atoms with Crippen LogP contribution in [0, 0.1) is 0 Å². The van der Waals surface area contributed by atoms with Crippen LogP contribution in [0.15, 0.2) is 57.1 Å². The van der Waals surface area contributed by atoms with Crippen LogP contribution in [0.5, 0.6) is 0 Å². The van der Waals surface area contributed by atoms with Crippen molar-refractivity contribution in [2.45, 2.75) is 16.7 Å². The number of aliphatic hydroxyl groups is 1. The number of fused-ring (bicyclic) bond motifs is 1. The number of halogens is 1. The fourth-order valence-electron chi connectivity index (χ4n) is 1.74. The summed E-state index contributed by atoms with van der Waals surface area (Å²) in [6, 6.07) is 11.6. The molecule has 0 unspecified atom stereocenters. The Kier molecular flexibility index (Phi) is 3.54. The number of hydrogen-bond acceptors (Lipinski definition) is 4. The smallest absolute Gasteiger partial charge is 0.200 e. The molecule has 96 valence electrons. The van der Waals surface area contributed by atoms with Gasteiger partial charge in [0, 0.05) is 15.6 Å². The minimum absolute atomic E-state index is 0.00630. The van der Waals surface area contributed by atoms with Crippen LogP contribution in [0.1, 0.15) is 5.56 Å². The third-order valence-electron chi connectivity index (χ3n) is 2.68. The third-order valence-corrected chi connectivity index (χ3v) is 4.24. The van der Waals surface area contributed by atoms with E-state index in [4.69, 9.17) is 0 Å². The number of hydrogen-bond donors (Lipinski definition) is 1. The molecule has 6 heteroatoms. The van der Waals surface area contributed by atoms with Crippen molar-refractivity contribution in [2.75, 3.05) is 0 Å². The zero-order valence-corrected chi connectivity index (χ0v) is 12.2. The number of nitrogens with zero attached hydrogens (tertiary/aromatic N) is 3. The lowest BCUT2D eigenvalue weighted by Crippen LogP contribution is -1.90. The van der Waals surface area contributed by atoms with Gasteiger partial charge >= 0.3 is 0 Å². The second kappa shape index (κ2) is 5.32. The second-order valence-corrected chi connectivity index (χ2v) is 5.85. The van der Waals surface area contributed by atoms with E-state index in [-0.39, 0.29) is 6.61 Å². The van der Waals surface area contributed by atoms with Gasteiger partial charge in [0.2, 0.25) is 0 Å². The van der Waals surface area contributed by atoms with Crippen LogP contribution in [-0.2, 0) is 6.61 Å². The van der Waals surface area contributed by atoms with E-state index in [1.165, 1.54) is 11.8 Å². The van der Waals surface area contributed by atoms with Crippen molar-refractivity contribution in [1.29, 1.82) is 0 Å². The van der Waals surface area contributed by atoms with Crippen molar-refractivity contribution in [2.24, 2.45) is 0 Å². The molecule has 2 aromatic heterocycles. The van der Waals surface area contributed by atoms with E-state index in [1.807, 2.05) is 47.0 Å². The molecule has 3 rings (SSSR count). The molecular weight excluding hydrogens is 326 g/mol. The molecule has 0 saturated carbocycles. The molecule has 4 nitrogen and oxygen atoms in total. The Hall–Kier alpha value is -1.37. The molecule has 2 heterocycles. The molecule has 0 bridgehead atoms. The highest BCUT2D eigenvalue weighted by molar-refractivity contribution is 9.10. The molecule has 0 radical (unpaired) electrons. The molecule has 19 heavy (non-hydrogen) atoms. The van der Waals surface area contributed by atoms with Crippen LogP contribution < -0.4 is 0 Å². The summed E-state index contributed by atoms with van der Waals surface area (Å²) in [7, 11) is 0. The largest absolute Gasteiger partial charge is 0.392 e. The predicted molar refractivity (Wildman–Crippen MR) is 77.2 cm³/mol. The summed E-state index contributed by atoms with van der Waals surface area (Å²) in [5, 5.41) is 18.4. The first kappa shape index (κ1) is 12.7. The Morgan fingerprint density at radius 2 is 2.11 bits per heavy atom. The van der Waals surface area contributed by atoms with Gasteiger partial charge in [-0.05, 0) is 41.6 Å². The third kappa shape index (κ3) is 2.51. The second-order valence-electron chi connectivity index (χ2n) is 3.92. The fraction of sp³-hybridized carbons (Fsp3) is 0.0769. The molecule has 0 amide bonds. The Balaban J connectivity index is 2.03. The lowest BCUT2D eigenvalue weighted by Gasteiger charge is -2.06. The lowest BCUT2D eigenvalue weighted by atomic mass is 10.2. The average Bonchev–Trinajstić information content (AvgIpc) is 2.83. The van der Waals surface area contributed by atoms with Gasteiger partial charge in [-0.15, -0.1) is 10.2 Å². The molecule has 0 aliphatic heterocycles. The predicted octanol–water partition coefficient (Wildman–Crippen LogP) is 3.14. The van der Waals surface area contributed by atoms with Crippen LogP contribution in [0.2, 0.25) is 0 Å². The van der Waals surface area contributed by atoms with Gasteiger partial charge in [-0.3, -0.25) is 4.40 Å². The Bertz CT molecular complexity index is 729. The molecule has 0 saturated heterocycles. The van der Waals surface area contributed by atoms with Gasteiger partial charge in [-0.1, -0.05) is 28.1 Å². The minimum Gasteiger partial charge on any atom is -0.392 e. The Morgan fingerprint density at radius 3 is 2.95 bits per heavy atom. The molecular formula is C13H10BrN3OS. The number of pyridine rings is 1. The van der Waals surface area contributed by atoms with Gasteiger partial charge in [0.25, 0.3) is 0 Å². The first-order valence-corrected chi connectivity index (χ1v) is 7.26. The maximum Gasteiger partial charge on any atom is 0.200 e. The van der Waals surface area contributed by atoms with Crippen LogP contribution in [0.25, 0.3) is 5.65 Å². The Morgan fingerprint density at radius 1 is 1.21 bits per heavy atom. The first-order valence-electron chi connectivity index (χ1n) is 5.65. The summed E-state index contributed by atoms with van der Waals surface area (Å²) in [5.41, 5.74) is 1.69. The number of aliphatic hydroxyl groups excluding tert-OH is 1. The number of rotatable bonds is 3. The molecule has 0 spiro atoms. The van der Waals surface area contributed by atoms with E-state index in [9.17, 15) is 5.11 Å². The first-order chi connectivity index (χ1) is 9.28. The molecule has 0 atom stereocenters. The van der Waals surface area contributed by atoms with Crippen molar-refractivity contribution in [3.8, 4) is 0 Å². The standard InChI is InChI=1S/C13H10BrN3OS/c14-10-5-4-9(8-18)11(7-10)19-13-16-15-12-3-1-2-6-17(12)13/h1-7,18H,8H2. The van der Waals surface area contributed by atoms with Crippen LogP contribution >= 0.6 is 27.7 Å². The van der Waals surface area contributed by atoms with E-state index < -0.39 is 0 Å². The minimum atomic E-state index is 0.00630. The summed E-state index contributed by atoms with van der Waals surface area (Å²) >= 11 is 4.93. The quantitative estimate of drug-likeness (QED) is 0.798. The van der Waals surface area contributed by atoms with Crippen molar-refractivity contribution >= 4 is 33.3 Å². The normalized spacial score (nSPS) is 11.1. The van der Waals surface area contributed by atoms with E-state index in [1.54, 1.807) is 0 Å². The summed E-state index contributed by atoms with van der Waals surface area (Å²) in [6.07, 6.45) is 1.92. The maximum atomic E-state index is 9.38. The van der Waals surface area contributed by atoms with Crippen LogP contribution in [-0.4, -0.2) is 19.7 Å². The summed E-state index contributed by atoms with van der Waals surface area (Å²) in [5.74, 6) is 0. The molecule has 0 aliphatic rings. The van der Waals surface area contributed by atoms with E-state index in [0.717, 1.165) is 25.7 Å². The SMILES string of the molecule is OCc1ccc(Br)cc1Sc1nnc2ccccn12. The van der Waals surface area contributed by atoms with Gasteiger partial charge in [0.15, 0.2) is 10.8 Å². The Labute approximate surface area is 122 Å². The highest BCUT2D eigenvalue weighted by Gasteiger charge is 2.10.